The van der Waals surface area contributed by atoms with Crippen molar-refractivity contribution in [2.75, 3.05) is 32.7 Å². The lowest BCUT2D eigenvalue weighted by Gasteiger charge is -2.35. The monoisotopic (exact) mass is 446 g/mol. The van der Waals surface area contributed by atoms with Crippen molar-refractivity contribution in [2.45, 2.75) is 26.9 Å². The van der Waals surface area contributed by atoms with Crippen LogP contribution in [0, 0.1) is 12.8 Å². The number of hydrogen-bond acceptors (Lipinski definition) is 5. The maximum absolute atomic E-state index is 13.6. The van der Waals surface area contributed by atoms with Crippen molar-refractivity contribution in [3.05, 3.63) is 47.2 Å². The molecule has 0 aliphatic carbocycles. The first-order valence-corrected chi connectivity index (χ1v) is 10.6. The van der Waals surface area contributed by atoms with Gasteiger partial charge in [-0.25, -0.2) is 4.98 Å². The molecule has 4 rings (SSSR count). The van der Waals surface area contributed by atoms with Gasteiger partial charge in [0.05, 0.1) is 27.9 Å². The predicted octanol–water partition coefficient (Wildman–Crippen LogP) is 4.63. The van der Waals surface area contributed by atoms with Gasteiger partial charge in [-0.2, -0.15) is 13.2 Å². The smallest absolute Gasteiger partial charge is 0.336 e. The standard InChI is InChI=1S/C23H25F3N4O2/c1-14(2)13-29-8-10-30(11-9-29)22(31)17-12-19(27-21-20(17)15(3)28-32-21)16-6-4-5-7-18(16)23(24,25)26/h4-7,12,14H,8-11,13H2,1-3H3. The first-order valence-electron chi connectivity index (χ1n) is 10.6. The summed E-state index contributed by atoms with van der Waals surface area (Å²) in [5.41, 5.74) is -0.0966. The van der Waals surface area contributed by atoms with E-state index in [4.69, 9.17) is 4.52 Å². The molecule has 2 aromatic heterocycles. The molecule has 1 fully saturated rings. The molecule has 1 saturated heterocycles. The van der Waals surface area contributed by atoms with Gasteiger partial charge in [0, 0.05) is 38.3 Å². The Balaban J connectivity index is 1.73. The molecule has 1 aromatic carbocycles. The van der Waals surface area contributed by atoms with Gasteiger partial charge in [0.15, 0.2) is 0 Å². The summed E-state index contributed by atoms with van der Waals surface area (Å²) in [5, 5.41) is 4.33. The Morgan fingerprint density at radius 2 is 1.84 bits per heavy atom. The van der Waals surface area contributed by atoms with E-state index in [1.165, 1.54) is 24.3 Å². The minimum atomic E-state index is -4.55. The summed E-state index contributed by atoms with van der Waals surface area (Å²) < 4.78 is 46.0. The Labute approximate surface area is 184 Å². The molecule has 0 atom stereocenters. The van der Waals surface area contributed by atoms with E-state index < -0.39 is 11.7 Å². The number of carbonyl (C=O) groups excluding carboxylic acids is 1. The van der Waals surface area contributed by atoms with Gasteiger partial charge in [0.25, 0.3) is 11.6 Å². The number of rotatable bonds is 4. The minimum Gasteiger partial charge on any atom is -0.336 e. The molecule has 170 valence electrons. The molecule has 0 bridgehead atoms. The SMILES string of the molecule is Cc1noc2nc(-c3ccccc3C(F)(F)F)cc(C(=O)N3CCN(CC(C)C)CC3)c12. The highest BCUT2D eigenvalue weighted by Crippen LogP contribution is 2.37. The van der Waals surface area contributed by atoms with Crippen LogP contribution >= 0.6 is 0 Å². The fourth-order valence-corrected chi connectivity index (χ4v) is 4.18. The number of carbonyl (C=O) groups is 1. The fraction of sp³-hybridized carbons (Fsp3) is 0.435. The Kier molecular flexibility index (Phi) is 5.94. The van der Waals surface area contributed by atoms with E-state index in [-0.39, 0.29) is 28.4 Å². The number of amides is 1. The molecule has 0 saturated carbocycles. The van der Waals surface area contributed by atoms with E-state index in [1.54, 1.807) is 11.8 Å². The van der Waals surface area contributed by atoms with Crippen LogP contribution in [0.15, 0.2) is 34.9 Å². The summed E-state index contributed by atoms with van der Waals surface area (Å²) in [5.74, 6) is 0.284. The lowest BCUT2D eigenvalue weighted by atomic mass is 10.00. The van der Waals surface area contributed by atoms with Gasteiger partial charge in [-0.1, -0.05) is 37.2 Å². The van der Waals surface area contributed by atoms with Crippen molar-refractivity contribution in [3.63, 3.8) is 0 Å². The Bertz CT molecular complexity index is 1130. The summed E-state index contributed by atoms with van der Waals surface area (Å²) in [4.78, 5) is 21.8. The number of alkyl halides is 3. The van der Waals surface area contributed by atoms with Crippen molar-refractivity contribution in [1.29, 1.82) is 0 Å². The van der Waals surface area contributed by atoms with Crippen molar-refractivity contribution >= 4 is 17.0 Å². The van der Waals surface area contributed by atoms with Crippen LogP contribution in [-0.4, -0.2) is 58.6 Å². The molecule has 6 nitrogen and oxygen atoms in total. The highest BCUT2D eigenvalue weighted by molar-refractivity contribution is 6.07. The summed E-state index contributed by atoms with van der Waals surface area (Å²) >= 11 is 0. The average molecular weight is 446 g/mol. The molecule has 32 heavy (non-hydrogen) atoms. The van der Waals surface area contributed by atoms with Gasteiger partial charge in [0.2, 0.25) is 0 Å². The van der Waals surface area contributed by atoms with Crippen LogP contribution in [-0.2, 0) is 6.18 Å². The molecule has 1 amide bonds. The van der Waals surface area contributed by atoms with Crippen LogP contribution in [0.1, 0.15) is 35.5 Å². The number of pyridine rings is 1. The van der Waals surface area contributed by atoms with Crippen molar-refractivity contribution in [3.8, 4) is 11.3 Å². The first kappa shape index (κ1) is 22.3. The molecule has 0 N–H and O–H groups in total. The molecule has 0 unspecified atom stereocenters. The number of halogens is 3. The largest absolute Gasteiger partial charge is 0.417 e. The molecule has 9 heteroatoms. The van der Waals surface area contributed by atoms with Crippen LogP contribution in [0.25, 0.3) is 22.4 Å². The number of aryl methyl sites for hydroxylation is 1. The third-order valence-electron chi connectivity index (χ3n) is 5.64. The quantitative estimate of drug-likeness (QED) is 0.585. The lowest BCUT2D eigenvalue weighted by molar-refractivity contribution is -0.137. The summed E-state index contributed by atoms with van der Waals surface area (Å²) in [7, 11) is 0. The highest BCUT2D eigenvalue weighted by Gasteiger charge is 2.34. The molecule has 1 aliphatic rings. The van der Waals surface area contributed by atoms with Gasteiger partial charge in [0.1, 0.15) is 0 Å². The highest BCUT2D eigenvalue weighted by atomic mass is 19.4. The molecular weight excluding hydrogens is 421 g/mol. The zero-order valence-corrected chi connectivity index (χ0v) is 18.2. The Morgan fingerprint density at radius 1 is 1.16 bits per heavy atom. The molecule has 0 spiro atoms. The Morgan fingerprint density at radius 3 is 2.50 bits per heavy atom. The molecule has 3 aromatic rings. The lowest BCUT2D eigenvalue weighted by Crippen LogP contribution is -2.49. The van der Waals surface area contributed by atoms with Crippen LogP contribution < -0.4 is 0 Å². The summed E-state index contributed by atoms with van der Waals surface area (Å²) in [6, 6.07) is 6.62. The predicted molar refractivity (Wildman–Crippen MR) is 114 cm³/mol. The van der Waals surface area contributed by atoms with Crippen LogP contribution in [0.2, 0.25) is 0 Å². The third kappa shape index (κ3) is 4.34. The number of hydrogen-bond donors (Lipinski definition) is 0. The van der Waals surface area contributed by atoms with E-state index >= 15 is 0 Å². The first-order chi connectivity index (χ1) is 15.1. The maximum atomic E-state index is 13.6. The second-order valence-electron chi connectivity index (χ2n) is 8.53. The molecular formula is C23H25F3N4O2. The summed E-state index contributed by atoms with van der Waals surface area (Å²) in [6.45, 7) is 9.57. The molecule has 0 radical (unpaired) electrons. The van der Waals surface area contributed by atoms with Crippen LogP contribution in [0.3, 0.4) is 0 Å². The van der Waals surface area contributed by atoms with E-state index in [0.29, 0.717) is 30.1 Å². The summed E-state index contributed by atoms with van der Waals surface area (Å²) in [6.07, 6.45) is -4.55. The number of fused-ring (bicyclic) bond motifs is 1. The minimum absolute atomic E-state index is 0.0309. The maximum Gasteiger partial charge on any atom is 0.417 e. The number of piperazine rings is 1. The van der Waals surface area contributed by atoms with Crippen LogP contribution in [0.5, 0.6) is 0 Å². The zero-order valence-electron chi connectivity index (χ0n) is 18.2. The third-order valence-corrected chi connectivity index (χ3v) is 5.64. The number of nitrogens with zero attached hydrogens (tertiary/aromatic N) is 4. The van der Waals surface area contributed by atoms with Crippen molar-refractivity contribution in [2.24, 2.45) is 5.92 Å². The second kappa shape index (κ2) is 8.54. The normalized spacial score (nSPS) is 15.7. The van der Waals surface area contributed by atoms with Crippen LogP contribution in [0.4, 0.5) is 13.2 Å². The van der Waals surface area contributed by atoms with E-state index in [2.05, 4.69) is 28.9 Å². The van der Waals surface area contributed by atoms with Crippen molar-refractivity contribution in [1.82, 2.24) is 19.9 Å². The number of aromatic nitrogens is 2. The molecule has 3 heterocycles. The second-order valence-corrected chi connectivity index (χ2v) is 8.53. The van der Waals surface area contributed by atoms with E-state index in [9.17, 15) is 18.0 Å². The van der Waals surface area contributed by atoms with Crippen molar-refractivity contribution < 1.29 is 22.5 Å². The van der Waals surface area contributed by atoms with Gasteiger partial charge < -0.3 is 9.42 Å². The zero-order chi connectivity index (χ0) is 23.0. The van der Waals surface area contributed by atoms with Gasteiger partial charge in [-0.3, -0.25) is 9.69 Å². The van der Waals surface area contributed by atoms with Gasteiger partial charge >= 0.3 is 6.18 Å². The van der Waals surface area contributed by atoms with Gasteiger partial charge in [-0.15, -0.1) is 0 Å². The Hall–Kier alpha value is -2.94. The topological polar surface area (TPSA) is 62.5 Å². The fourth-order valence-electron chi connectivity index (χ4n) is 4.18. The van der Waals surface area contributed by atoms with E-state index in [0.717, 1.165) is 25.7 Å². The molecule has 1 aliphatic heterocycles. The van der Waals surface area contributed by atoms with Gasteiger partial charge in [-0.05, 0) is 25.0 Å². The average Bonchev–Trinajstić information content (AvgIpc) is 3.13. The number of benzene rings is 1. The van der Waals surface area contributed by atoms with E-state index in [1.807, 2.05) is 0 Å².